The maximum absolute atomic E-state index is 5.89. The molecule has 1 saturated heterocycles. The average Bonchev–Trinajstić information content (AvgIpc) is 2.33. The molecule has 0 bridgehead atoms. The lowest BCUT2D eigenvalue weighted by molar-refractivity contribution is 0.135. The highest BCUT2D eigenvalue weighted by Gasteiger charge is 2.13. The molecule has 1 aromatic rings. The van der Waals surface area contributed by atoms with Crippen LogP contribution in [-0.2, 0) is 0 Å². The molecule has 1 aliphatic heterocycles. The monoisotopic (exact) mass is 298 g/mol. The van der Waals surface area contributed by atoms with Crippen LogP contribution in [-0.4, -0.2) is 43.7 Å². The van der Waals surface area contributed by atoms with Crippen LogP contribution in [0.2, 0.25) is 0 Å². The Morgan fingerprint density at radius 2 is 1.94 bits per heavy atom. The molecular weight excluding hydrogens is 280 g/mol. The van der Waals surface area contributed by atoms with Crippen LogP contribution in [0.1, 0.15) is 6.92 Å². The van der Waals surface area contributed by atoms with E-state index >= 15 is 0 Å². The Bertz CT molecular complexity index is 336. The average molecular weight is 299 g/mol. The second-order valence-corrected chi connectivity index (χ2v) is 5.35. The van der Waals surface area contributed by atoms with E-state index in [1.54, 1.807) is 0 Å². The van der Waals surface area contributed by atoms with Crippen LogP contribution in [0, 0.1) is 0 Å². The number of benzene rings is 1. The molecule has 1 N–H and O–H groups in total. The molecule has 2 rings (SSSR count). The van der Waals surface area contributed by atoms with Gasteiger partial charge in [-0.15, -0.1) is 0 Å². The number of hydrogen-bond acceptors (Lipinski definition) is 3. The summed E-state index contributed by atoms with van der Waals surface area (Å²) in [5, 5.41) is 3.36. The molecule has 0 aliphatic carbocycles. The highest BCUT2D eigenvalue weighted by molar-refractivity contribution is 9.10. The summed E-state index contributed by atoms with van der Waals surface area (Å²) >= 11 is 3.42. The summed E-state index contributed by atoms with van der Waals surface area (Å²) in [7, 11) is 0. The van der Waals surface area contributed by atoms with Crippen LogP contribution in [0.5, 0.6) is 5.75 Å². The van der Waals surface area contributed by atoms with E-state index in [0.29, 0.717) is 0 Å². The van der Waals surface area contributed by atoms with Gasteiger partial charge in [0, 0.05) is 37.2 Å². The first kappa shape index (κ1) is 12.9. The fourth-order valence-electron chi connectivity index (χ4n) is 2.04. The second kappa shape index (κ2) is 6.38. The first-order chi connectivity index (χ1) is 8.24. The molecule has 94 valence electrons. The molecule has 0 aromatic heterocycles. The summed E-state index contributed by atoms with van der Waals surface area (Å²) in [5.74, 6) is 0.941. The SMILES string of the molecule is CC(CN1CCNCC1)Oc1ccc(Br)cc1. The summed E-state index contributed by atoms with van der Waals surface area (Å²) < 4.78 is 6.97. The van der Waals surface area contributed by atoms with Crippen LogP contribution < -0.4 is 10.1 Å². The topological polar surface area (TPSA) is 24.5 Å². The van der Waals surface area contributed by atoms with Crippen LogP contribution >= 0.6 is 15.9 Å². The van der Waals surface area contributed by atoms with Crippen molar-refractivity contribution < 1.29 is 4.74 Å². The number of nitrogens with zero attached hydrogens (tertiary/aromatic N) is 1. The van der Waals surface area contributed by atoms with E-state index in [1.165, 1.54) is 0 Å². The van der Waals surface area contributed by atoms with Crippen molar-refractivity contribution in [3.63, 3.8) is 0 Å². The lowest BCUT2D eigenvalue weighted by Gasteiger charge is -2.29. The van der Waals surface area contributed by atoms with E-state index in [4.69, 9.17) is 4.74 Å². The molecule has 0 spiro atoms. The number of nitrogens with one attached hydrogen (secondary N) is 1. The van der Waals surface area contributed by atoms with Gasteiger partial charge < -0.3 is 10.1 Å². The van der Waals surface area contributed by atoms with E-state index in [-0.39, 0.29) is 6.10 Å². The molecular formula is C13H19BrN2O. The number of ether oxygens (including phenoxy) is 1. The van der Waals surface area contributed by atoms with E-state index in [9.17, 15) is 0 Å². The summed E-state index contributed by atoms with van der Waals surface area (Å²) in [6.07, 6.45) is 0.231. The quantitative estimate of drug-likeness (QED) is 0.922. The van der Waals surface area contributed by atoms with Crippen molar-refractivity contribution in [2.45, 2.75) is 13.0 Å². The van der Waals surface area contributed by atoms with Crippen molar-refractivity contribution in [1.29, 1.82) is 0 Å². The zero-order chi connectivity index (χ0) is 12.1. The van der Waals surface area contributed by atoms with Gasteiger partial charge in [0.1, 0.15) is 11.9 Å². The Kier molecular flexibility index (Phi) is 4.83. The predicted molar refractivity (Wildman–Crippen MR) is 73.5 cm³/mol. The van der Waals surface area contributed by atoms with E-state index in [2.05, 4.69) is 33.1 Å². The van der Waals surface area contributed by atoms with Gasteiger partial charge in [-0.1, -0.05) is 15.9 Å². The minimum absolute atomic E-state index is 0.231. The molecule has 0 saturated carbocycles. The van der Waals surface area contributed by atoms with Crippen LogP contribution in [0.25, 0.3) is 0 Å². The van der Waals surface area contributed by atoms with Crippen molar-refractivity contribution in [1.82, 2.24) is 10.2 Å². The number of halogens is 1. The normalized spacial score (nSPS) is 18.9. The summed E-state index contributed by atoms with van der Waals surface area (Å²) in [6.45, 7) is 7.54. The molecule has 1 unspecified atom stereocenters. The smallest absolute Gasteiger partial charge is 0.119 e. The van der Waals surface area contributed by atoms with E-state index in [0.717, 1.165) is 42.9 Å². The Balaban J connectivity index is 1.79. The lowest BCUT2D eigenvalue weighted by atomic mass is 10.3. The Hall–Kier alpha value is -0.580. The lowest BCUT2D eigenvalue weighted by Crippen LogP contribution is -2.46. The van der Waals surface area contributed by atoms with Gasteiger partial charge in [-0.05, 0) is 31.2 Å². The highest BCUT2D eigenvalue weighted by Crippen LogP contribution is 2.17. The third kappa shape index (κ3) is 4.30. The summed E-state index contributed by atoms with van der Waals surface area (Å²) in [6, 6.07) is 8.01. The fraction of sp³-hybridized carbons (Fsp3) is 0.538. The first-order valence-electron chi connectivity index (χ1n) is 6.09. The van der Waals surface area contributed by atoms with Crippen molar-refractivity contribution in [3.05, 3.63) is 28.7 Å². The molecule has 1 aromatic carbocycles. The summed E-state index contributed by atoms with van der Waals surface area (Å²) in [4.78, 5) is 2.44. The van der Waals surface area contributed by atoms with Gasteiger partial charge in [-0.3, -0.25) is 4.90 Å². The molecule has 1 fully saturated rings. The third-order valence-corrected chi connectivity index (χ3v) is 3.40. The molecule has 1 atom stereocenters. The van der Waals surface area contributed by atoms with Gasteiger partial charge in [0.15, 0.2) is 0 Å². The van der Waals surface area contributed by atoms with Crippen LogP contribution in [0.3, 0.4) is 0 Å². The van der Waals surface area contributed by atoms with Crippen molar-refractivity contribution in [2.24, 2.45) is 0 Å². The van der Waals surface area contributed by atoms with Gasteiger partial charge in [0.2, 0.25) is 0 Å². The third-order valence-electron chi connectivity index (χ3n) is 2.88. The molecule has 17 heavy (non-hydrogen) atoms. The molecule has 0 radical (unpaired) electrons. The van der Waals surface area contributed by atoms with Gasteiger partial charge in [-0.2, -0.15) is 0 Å². The molecule has 1 aliphatic rings. The zero-order valence-electron chi connectivity index (χ0n) is 10.2. The van der Waals surface area contributed by atoms with Gasteiger partial charge >= 0.3 is 0 Å². The van der Waals surface area contributed by atoms with E-state index in [1.807, 2.05) is 24.3 Å². The maximum Gasteiger partial charge on any atom is 0.119 e. The zero-order valence-corrected chi connectivity index (χ0v) is 11.7. The van der Waals surface area contributed by atoms with Crippen molar-refractivity contribution >= 4 is 15.9 Å². The molecule has 1 heterocycles. The standard InChI is InChI=1S/C13H19BrN2O/c1-11(10-16-8-6-15-7-9-16)17-13-4-2-12(14)3-5-13/h2-5,11,15H,6-10H2,1H3. The summed E-state index contributed by atoms with van der Waals surface area (Å²) in [5.41, 5.74) is 0. The van der Waals surface area contributed by atoms with Crippen LogP contribution in [0.4, 0.5) is 0 Å². The minimum atomic E-state index is 0.231. The highest BCUT2D eigenvalue weighted by atomic mass is 79.9. The van der Waals surface area contributed by atoms with Gasteiger partial charge in [-0.25, -0.2) is 0 Å². The van der Waals surface area contributed by atoms with Gasteiger partial charge in [0.05, 0.1) is 0 Å². The minimum Gasteiger partial charge on any atom is -0.489 e. The van der Waals surface area contributed by atoms with Crippen molar-refractivity contribution in [3.8, 4) is 5.75 Å². The molecule has 4 heteroatoms. The number of hydrogen-bond donors (Lipinski definition) is 1. The number of rotatable bonds is 4. The molecule has 0 amide bonds. The first-order valence-corrected chi connectivity index (χ1v) is 6.88. The second-order valence-electron chi connectivity index (χ2n) is 4.43. The van der Waals surface area contributed by atoms with Crippen LogP contribution in [0.15, 0.2) is 28.7 Å². The van der Waals surface area contributed by atoms with E-state index < -0.39 is 0 Å². The van der Waals surface area contributed by atoms with Crippen molar-refractivity contribution in [2.75, 3.05) is 32.7 Å². The Labute approximate surface area is 111 Å². The predicted octanol–water partition coefficient (Wildman–Crippen LogP) is 2.12. The maximum atomic E-state index is 5.89. The fourth-order valence-corrected chi connectivity index (χ4v) is 2.30. The Morgan fingerprint density at radius 1 is 1.29 bits per heavy atom. The van der Waals surface area contributed by atoms with Gasteiger partial charge in [0.25, 0.3) is 0 Å². The Morgan fingerprint density at radius 3 is 2.59 bits per heavy atom. The molecule has 3 nitrogen and oxygen atoms in total. The largest absolute Gasteiger partial charge is 0.489 e. The number of piperazine rings is 1.